The van der Waals surface area contributed by atoms with Gasteiger partial charge in [0.1, 0.15) is 0 Å². The molecule has 66 valence electrons. The largest absolute Gasteiger partial charge is 0.256 e. The van der Waals surface area contributed by atoms with Crippen molar-refractivity contribution in [1.82, 2.24) is 4.98 Å². The number of fused-ring (bicyclic) bond motifs is 1. The number of aryl methyl sites for hydroxylation is 1. The Balaban J connectivity index is 2.94. The summed E-state index contributed by atoms with van der Waals surface area (Å²) in [5.41, 5.74) is 1.99. The van der Waals surface area contributed by atoms with Gasteiger partial charge in [0.05, 0.1) is 10.5 Å². The third kappa shape index (κ3) is 1.45. The van der Waals surface area contributed by atoms with Gasteiger partial charge < -0.3 is 0 Å². The minimum atomic E-state index is 0.742. The molecule has 2 rings (SSSR count). The molecule has 1 aromatic heterocycles. The topological polar surface area (TPSA) is 12.9 Å². The Morgan fingerprint density at radius 2 is 2.23 bits per heavy atom. The molecule has 1 aromatic carbocycles. The third-order valence-electron chi connectivity index (χ3n) is 2.02. The highest BCUT2D eigenvalue weighted by Gasteiger charge is 2.06. The van der Waals surface area contributed by atoms with Crippen LogP contribution in [0.15, 0.2) is 28.9 Å². The fourth-order valence-electron chi connectivity index (χ4n) is 1.33. The Morgan fingerprint density at radius 3 is 3.00 bits per heavy atom. The predicted molar refractivity (Wildman–Crippen MR) is 59.2 cm³/mol. The van der Waals surface area contributed by atoms with Crippen molar-refractivity contribution in [2.24, 2.45) is 0 Å². The maximum Gasteiger partial charge on any atom is 0.0746 e. The van der Waals surface area contributed by atoms with Gasteiger partial charge in [-0.05, 0) is 40.5 Å². The highest BCUT2D eigenvalue weighted by molar-refractivity contribution is 9.10. The molecule has 1 heterocycles. The molecule has 0 aliphatic rings. The van der Waals surface area contributed by atoms with Gasteiger partial charge in [0.2, 0.25) is 0 Å². The standard InChI is InChI=1S/C10H7BrClN/c1-6-9(12)8(11)5-7-3-2-4-13-10(6)7/h2-5H,1H3. The molecule has 0 radical (unpaired) electrons. The second-order valence-corrected chi connectivity index (χ2v) is 4.10. The van der Waals surface area contributed by atoms with Crippen molar-refractivity contribution in [1.29, 1.82) is 0 Å². The first-order chi connectivity index (χ1) is 6.20. The van der Waals surface area contributed by atoms with Crippen LogP contribution in [0.2, 0.25) is 5.02 Å². The first-order valence-electron chi connectivity index (χ1n) is 3.89. The molecule has 2 aromatic rings. The van der Waals surface area contributed by atoms with E-state index in [1.165, 1.54) is 0 Å². The summed E-state index contributed by atoms with van der Waals surface area (Å²) in [4.78, 5) is 4.28. The van der Waals surface area contributed by atoms with E-state index in [0.717, 1.165) is 26.0 Å². The van der Waals surface area contributed by atoms with Crippen LogP contribution in [0.3, 0.4) is 0 Å². The van der Waals surface area contributed by atoms with Crippen LogP contribution in [0.4, 0.5) is 0 Å². The highest BCUT2D eigenvalue weighted by atomic mass is 79.9. The molecule has 1 nitrogen and oxygen atoms in total. The van der Waals surface area contributed by atoms with E-state index in [-0.39, 0.29) is 0 Å². The van der Waals surface area contributed by atoms with E-state index < -0.39 is 0 Å². The van der Waals surface area contributed by atoms with Crippen LogP contribution in [0.1, 0.15) is 5.56 Å². The van der Waals surface area contributed by atoms with Gasteiger partial charge in [-0.1, -0.05) is 17.7 Å². The van der Waals surface area contributed by atoms with E-state index in [4.69, 9.17) is 11.6 Å². The minimum Gasteiger partial charge on any atom is -0.256 e. The number of aromatic nitrogens is 1. The van der Waals surface area contributed by atoms with Crippen molar-refractivity contribution in [2.45, 2.75) is 6.92 Å². The predicted octanol–water partition coefficient (Wildman–Crippen LogP) is 3.96. The molecule has 0 atom stereocenters. The van der Waals surface area contributed by atoms with Crippen LogP contribution in [0, 0.1) is 6.92 Å². The van der Waals surface area contributed by atoms with Gasteiger partial charge >= 0.3 is 0 Å². The summed E-state index contributed by atoms with van der Waals surface area (Å²) in [6, 6.07) is 5.93. The van der Waals surface area contributed by atoms with Crippen LogP contribution in [-0.2, 0) is 0 Å². The molecule has 0 aliphatic heterocycles. The first kappa shape index (κ1) is 8.97. The normalized spacial score (nSPS) is 10.7. The monoisotopic (exact) mass is 255 g/mol. The number of benzene rings is 1. The lowest BCUT2D eigenvalue weighted by molar-refractivity contribution is 1.36. The van der Waals surface area contributed by atoms with E-state index in [0.29, 0.717) is 0 Å². The quantitative estimate of drug-likeness (QED) is 0.695. The van der Waals surface area contributed by atoms with Crippen molar-refractivity contribution in [3.8, 4) is 0 Å². The molecular formula is C10H7BrClN. The summed E-state index contributed by atoms with van der Waals surface area (Å²) in [5, 5.41) is 1.85. The minimum absolute atomic E-state index is 0.742. The number of rotatable bonds is 0. The lowest BCUT2D eigenvalue weighted by atomic mass is 10.1. The Bertz CT molecular complexity index is 468. The Morgan fingerprint density at radius 1 is 1.46 bits per heavy atom. The Hall–Kier alpha value is -0.600. The van der Waals surface area contributed by atoms with Gasteiger partial charge in [-0.15, -0.1) is 0 Å². The first-order valence-corrected chi connectivity index (χ1v) is 5.06. The van der Waals surface area contributed by atoms with Gasteiger partial charge in [0.15, 0.2) is 0 Å². The van der Waals surface area contributed by atoms with Crippen LogP contribution in [0.5, 0.6) is 0 Å². The van der Waals surface area contributed by atoms with E-state index in [1.807, 2.05) is 25.1 Å². The molecule has 0 spiro atoms. The average molecular weight is 257 g/mol. The van der Waals surface area contributed by atoms with Gasteiger partial charge in [0, 0.05) is 16.1 Å². The van der Waals surface area contributed by atoms with Gasteiger partial charge in [-0.2, -0.15) is 0 Å². The molecule has 0 saturated carbocycles. The molecule has 0 fully saturated rings. The fourth-order valence-corrected chi connectivity index (χ4v) is 2.02. The maximum atomic E-state index is 6.07. The number of hydrogen-bond donors (Lipinski definition) is 0. The molecule has 0 aliphatic carbocycles. The van der Waals surface area contributed by atoms with E-state index in [9.17, 15) is 0 Å². The number of hydrogen-bond acceptors (Lipinski definition) is 1. The summed E-state index contributed by atoms with van der Waals surface area (Å²) in [7, 11) is 0. The Kier molecular flexibility index (Phi) is 2.26. The fraction of sp³-hybridized carbons (Fsp3) is 0.100. The third-order valence-corrected chi connectivity index (χ3v) is 3.36. The second-order valence-electron chi connectivity index (χ2n) is 2.87. The summed E-state index contributed by atoms with van der Waals surface area (Å²) < 4.78 is 0.923. The van der Waals surface area contributed by atoms with Crippen molar-refractivity contribution in [3.63, 3.8) is 0 Å². The molecule has 3 heteroatoms. The summed E-state index contributed by atoms with van der Waals surface area (Å²) >= 11 is 9.48. The molecular weight excluding hydrogens is 249 g/mol. The zero-order chi connectivity index (χ0) is 9.42. The number of pyridine rings is 1. The lowest BCUT2D eigenvalue weighted by Gasteiger charge is -2.04. The van der Waals surface area contributed by atoms with E-state index >= 15 is 0 Å². The van der Waals surface area contributed by atoms with E-state index in [1.54, 1.807) is 6.20 Å². The maximum absolute atomic E-state index is 6.07. The van der Waals surface area contributed by atoms with Crippen LogP contribution < -0.4 is 0 Å². The van der Waals surface area contributed by atoms with Gasteiger partial charge in [-0.25, -0.2) is 0 Å². The van der Waals surface area contributed by atoms with Crippen LogP contribution in [-0.4, -0.2) is 4.98 Å². The molecule has 13 heavy (non-hydrogen) atoms. The Labute approximate surface area is 89.9 Å². The molecule has 0 N–H and O–H groups in total. The SMILES string of the molecule is Cc1c(Cl)c(Br)cc2cccnc12. The highest BCUT2D eigenvalue weighted by Crippen LogP contribution is 2.31. The smallest absolute Gasteiger partial charge is 0.0746 e. The zero-order valence-electron chi connectivity index (χ0n) is 7.01. The summed E-state index contributed by atoms with van der Waals surface area (Å²) in [6.07, 6.45) is 1.78. The van der Waals surface area contributed by atoms with E-state index in [2.05, 4.69) is 20.9 Å². The van der Waals surface area contributed by atoms with Crippen molar-refractivity contribution in [2.75, 3.05) is 0 Å². The van der Waals surface area contributed by atoms with Crippen LogP contribution >= 0.6 is 27.5 Å². The summed E-state index contributed by atoms with van der Waals surface area (Å²) in [5.74, 6) is 0. The van der Waals surface area contributed by atoms with Crippen molar-refractivity contribution < 1.29 is 0 Å². The summed E-state index contributed by atoms with van der Waals surface area (Å²) in [6.45, 7) is 1.97. The molecule has 0 unspecified atom stereocenters. The second kappa shape index (κ2) is 3.28. The van der Waals surface area contributed by atoms with Crippen molar-refractivity contribution >= 4 is 38.4 Å². The average Bonchev–Trinajstić information content (AvgIpc) is 2.15. The molecule has 0 bridgehead atoms. The lowest BCUT2D eigenvalue weighted by Crippen LogP contribution is -1.84. The van der Waals surface area contributed by atoms with Crippen molar-refractivity contribution in [3.05, 3.63) is 39.5 Å². The zero-order valence-corrected chi connectivity index (χ0v) is 9.35. The molecule has 0 saturated heterocycles. The van der Waals surface area contributed by atoms with Crippen LogP contribution in [0.25, 0.3) is 10.9 Å². The number of halogens is 2. The van der Waals surface area contributed by atoms with Gasteiger partial charge in [-0.3, -0.25) is 4.98 Å². The number of nitrogens with zero attached hydrogens (tertiary/aromatic N) is 1. The molecule has 0 amide bonds. The van der Waals surface area contributed by atoms with Gasteiger partial charge in [0.25, 0.3) is 0 Å².